The van der Waals surface area contributed by atoms with Gasteiger partial charge in [-0.1, -0.05) is 0 Å². The molecule has 5 nitrogen and oxygen atoms in total. The van der Waals surface area contributed by atoms with Crippen LogP contribution >= 0.6 is 0 Å². The molecule has 0 rings (SSSR count). The van der Waals surface area contributed by atoms with Crippen LogP contribution in [0.15, 0.2) is 0 Å². The summed E-state index contributed by atoms with van der Waals surface area (Å²) in [6.45, 7) is 0.925. The Hall–Kier alpha value is -1.10. The standard InChI is InChI=1S/C9H18N2O3/c1-11(8(12)5-6-10)7-3-4-9(13)14-2/h3-7,10H2,1-2H3. The van der Waals surface area contributed by atoms with Crippen molar-refractivity contribution in [3.05, 3.63) is 0 Å². The van der Waals surface area contributed by atoms with Crippen LogP contribution < -0.4 is 5.73 Å². The molecule has 0 aromatic rings. The molecule has 0 heterocycles. The van der Waals surface area contributed by atoms with Crippen molar-refractivity contribution in [2.75, 3.05) is 27.2 Å². The lowest BCUT2D eigenvalue weighted by atomic mass is 10.3. The summed E-state index contributed by atoms with van der Waals surface area (Å²) in [5, 5.41) is 0. The first-order valence-corrected chi connectivity index (χ1v) is 4.62. The summed E-state index contributed by atoms with van der Waals surface area (Å²) in [6.07, 6.45) is 1.32. The summed E-state index contributed by atoms with van der Waals surface area (Å²) in [4.78, 5) is 23.5. The van der Waals surface area contributed by atoms with Crippen LogP contribution in [0.1, 0.15) is 19.3 Å². The number of hydrogen-bond acceptors (Lipinski definition) is 4. The number of carbonyl (C=O) groups excluding carboxylic acids is 2. The number of methoxy groups -OCH3 is 1. The maximum atomic E-state index is 11.2. The van der Waals surface area contributed by atoms with Crippen molar-refractivity contribution >= 4 is 11.9 Å². The highest BCUT2D eigenvalue weighted by Gasteiger charge is 2.07. The van der Waals surface area contributed by atoms with E-state index >= 15 is 0 Å². The zero-order valence-corrected chi connectivity index (χ0v) is 8.78. The van der Waals surface area contributed by atoms with Crippen LogP contribution in [0.3, 0.4) is 0 Å². The van der Waals surface area contributed by atoms with Crippen LogP contribution in [0.25, 0.3) is 0 Å². The molecule has 5 heteroatoms. The van der Waals surface area contributed by atoms with Crippen LogP contribution in [0.5, 0.6) is 0 Å². The highest BCUT2D eigenvalue weighted by Crippen LogP contribution is 1.96. The van der Waals surface area contributed by atoms with E-state index in [0.717, 1.165) is 0 Å². The van der Waals surface area contributed by atoms with Crippen LogP contribution in [-0.4, -0.2) is 44.0 Å². The van der Waals surface area contributed by atoms with Crippen molar-refractivity contribution in [2.24, 2.45) is 5.73 Å². The van der Waals surface area contributed by atoms with Crippen molar-refractivity contribution in [1.29, 1.82) is 0 Å². The summed E-state index contributed by atoms with van der Waals surface area (Å²) >= 11 is 0. The van der Waals surface area contributed by atoms with E-state index in [0.29, 0.717) is 32.4 Å². The summed E-state index contributed by atoms with van der Waals surface area (Å²) in [5.74, 6) is -0.234. The predicted molar refractivity (Wildman–Crippen MR) is 52.6 cm³/mol. The Bertz CT molecular complexity index is 194. The fraction of sp³-hybridized carbons (Fsp3) is 0.778. The van der Waals surface area contributed by atoms with Gasteiger partial charge in [-0.25, -0.2) is 0 Å². The smallest absolute Gasteiger partial charge is 0.305 e. The quantitative estimate of drug-likeness (QED) is 0.603. The Morgan fingerprint density at radius 3 is 2.50 bits per heavy atom. The number of hydrogen-bond donors (Lipinski definition) is 1. The van der Waals surface area contributed by atoms with E-state index in [2.05, 4.69) is 4.74 Å². The van der Waals surface area contributed by atoms with Crippen molar-refractivity contribution in [1.82, 2.24) is 4.90 Å². The third-order valence-corrected chi connectivity index (χ3v) is 1.89. The largest absolute Gasteiger partial charge is 0.469 e. The second-order valence-corrected chi connectivity index (χ2v) is 3.03. The van der Waals surface area contributed by atoms with Crippen molar-refractivity contribution in [2.45, 2.75) is 19.3 Å². The van der Waals surface area contributed by atoms with Gasteiger partial charge in [-0.3, -0.25) is 9.59 Å². The normalized spacial score (nSPS) is 9.64. The second-order valence-electron chi connectivity index (χ2n) is 3.03. The first-order chi connectivity index (χ1) is 6.61. The molecule has 0 fully saturated rings. The third kappa shape index (κ3) is 5.53. The molecule has 0 aliphatic rings. The van der Waals surface area contributed by atoms with E-state index in [-0.39, 0.29) is 11.9 Å². The van der Waals surface area contributed by atoms with Gasteiger partial charge in [0.05, 0.1) is 7.11 Å². The lowest BCUT2D eigenvalue weighted by Crippen LogP contribution is -2.29. The van der Waals surface area contributed by atoms with Gasteiger partial charge in [-0.15, -0.1) is 0 Å². The molecule has 0 radical (unpaired) electrons. The van der Waals surface area contributed by atoms with E-state index in [4.69, 9.17) is 5.73 Å². The third-order valence-electron chi connectivity index (χ3n) is 1.89. The molecule has 0 saturated carbocycles. The Balaban J connectivity index is 3.58. The minimum atomic E-state index is -0.246. The molecule has 0 spiro atoms. The number of ether oxygens (including phenoxy) is 1. The molecule has 1 amide bonds. The van der Waals surface area contributed by atoms with Gasteiger partial charge in [0, 0.05) is 33.0 Å². The molecule has 82 valence electrons. The molecule has 0 aromatic heterocycles. The second kappa shape index (κ2) is 7.32. The average Bonchev–Trinajstić information content (AvgIpc) is 2.17. The lowest BCUT2D eigenvalue weighted by molar-refractivity contribution is -0.141. The Labute approximate surface area is 84.2 Å². The molecule has 0 aliphatic heterocycles. The van der Waals surface area contributed by atoms with E-state index in [9.17, 15) is 9.59 Å². The molecular formula is C9H18N2O3. The van der Waals surface area contributed by atoms with Crippen LogP contribution in [0.4, 0.5) is 0 Å². The zero-order chi connectivity index (χ0) is 11.0. The van der Waals surface area contributed by atoms with E-state index in [1.54, 1.807) is 11.9 Å². The number of rotatable bonds is 6. The van der Waals surface area contributed by atoms with Crippen molar-refractivity contribution < 1.29 is 14.3 Å². The van der Waals surface area contributed by atoms with E-state index in [1.165, 1.54) is 7.11 Å². The van der Waals surface area contributed by atoms with Gasteiger partial charge in [-0.2, -0.15) is 0 Å². The SMILES string of the molecule is COC(=O)CCCN(C)C(=O)CCN. The molecule has 0 unspecified atom stereocenters. The minimum Gasteiger partial charge on any atom is -0.469 e. The molecule has 0 atom stereocenters. The lowest BCUT2D eigenvalue weighted by Gasteiger charge is -2.15. The van der Waals surface area contributed by atoms with Crippen molar-refractivity contribution in [3.63, 3.8) is 0 Å². The topological polar surface area (TPSA) is 72.6 Å². The van der Waals surface area contributed by atoms with Gasteiger partial charge in [-0.05, 0) is 6.42 Å². The first-order valence-electron chi connectivity index (χ1n) is 4.62. The van der Waals surface area contributed by atoms with Crippen LogP contribution in [0, 0.1) is 0 Å². The number of nitrogens with zero attached hydrogens (tertiary/aromatic N) is 1. The summed E-state index contributed by atoms with van der Waals surface area (Å²) in [7, 11) is 3.06. The number of nitrogens with two attached hydrogens (primary N) is 1. The Kier molecular flexibility index (Phi) is 6.74. The Morgan fingerprint density at radius 2 is 2.00 bits per heavy atom. The van der Waals surface area contributed by atoms with E-state index < -0.39 is 0 Å². The summed E-state index contributed by atoms with van der Waals surface area (Å²) in [6, 6.07) is 0. The van der Waals surface area contributed by atoms with Crippen LogP contribution in [-0.2, 0) is 14.3 Å². The Morgan fingerprint density at radius 1 is 1.36 bits per heavy atom. The molecular weight excluding hydrogens is 184 g/mol. The minimum absolute atomic E-state index is 0.0114. The fourth-order valence-electron chi connectivity index (χ4n) is 1.00. The predicted octanol–water partition coefficient (Wildman–Crippen LogP) is -0.253. The highest BCUT2D eigenvalue weighted by molar-refractivity contribution is 5.76. The summed E-state index contributed by atoms with van der Waals surface area (Å²) in [5.41, 5.74) is 5.24. The number of carbonyl (C=O) groups is 2. The molecule has 14 heavy (non-hydrogen) atoms. The van der Waals surface area contributed by atoms with Gasteiger partial charge in [0.2, 0.25) is 5.91 Å². The molecule has 0 saturated heterocycles. The van der Waals surface area contributed by atoms with E-state index in [1.807, 2.05) is 0 Å². The highest BCUT2D eigenvalue weighted by atomic mass is 16.5. The molecule has 0 bridgehead atoms. The number of amides is 1. The van der Waals surface area contributed by atoms with Gasteiger partial charge in [0.25, 0.3) is 0 Å². The maximum Gasteiger partial charge on any atom is 0.305 e. The molecule has 2 N–H and O–H groups in total. The van der Waals surface area contributed by atoms with Gasteiger partial charge < -0.3 is 15.4 Å². The first kappa shape index (κ1) is 12.9. The average molecular weight is 202 g/mol. The maximum absolute atomic E-state index is 11.2. The van der Waals surface area contributed by atoms with Gasteiger partial charge in [0.15, 0.2) is 0 Å². The summed E-state index contributed by atoms with van der Waals surface area (Å²) < 4.78 is 4.48. The molecule has 0 aromatic carbocycles. The van der Waals surface area contributed by atoms with Gasteiger partial charge >= 0.3 is 5.97 Å². The zero-order valence-electron chi connectivity index (χ0n) is 8.78. The van der Waals surface area contributed by atoms with Crippen molar-refractivity contribution in [3.8, 4) is 0 Å². The van der Waals surface area contributed by atoms with Crippen LogP contribution in [0.2, 0.25) is 0 Å². The molecule has 0 aliphatic carbocycles. The van der Waals surface area contributed by atoms with Gasteiger partial charge in [0.1, 0.15) is 0 Å². The number of esters is 1. The fourth-order valence-corrected chi connectivity index (χ4v) is 1.00. The monoisotopic (exact) mass is 202 g/mol.